The lowest BCUT2D eigenvalue weighted by Crippen LogP contribution is -2.38. The molecule has 9 heteroatoms. The minimum absolute atomic E-state index is 0.171. The number of carboxylic acids is 1. The van der Waals surface area contributed by atoms with E-state index in [0.29, 0.717) is 44.2 Å². The van der Waals surface area contributed by atoms with Crippen molar-refractivity contribution in [3.8, 4) is 11.5 Å². The Kier molecular flexibility index (Phi) is 13.6. The van der Waals surface area contributed by atoms with Crippen LogP contribution in [0.4, 0.5) is 10.5 Å². The number of methoxy groups -OCH3 is 1. The molecule has 2 aromatic carbocycles. The average Bonchev–Trinajstić information content (AvgIpc) is 2.88. The van der Waals surface area contributed by atoms with Gasteiger partial charge >= 0.3 is 12.0 Å². The van der Waals surface area contributed by atoms with Crippen LogP contribution in [0.3, 0.4) is 0 Å². The number of nitrogens with zero attached hydrogens (tertiary/aromatic N) is 1. The van der Waals surface area contributed by atoms with E-state index in [1.807, 2.05) is 48.2 Å². The molecular weight excluding hydrogens is 480 g/mol. The third-order valence-electron chi connectivity index (χ3n) is 5.31. The van der Waals surface area contributed by atoms with E-state index in [0.717, 1.165) is 35.7 Å². The van der Waals surface area contributed by atoms with Gasteiger partial charge in [-0.15, -0.1) is 0 Å². The fourth-order valence-electron chi connectivity index (χ4n) is 3.42. The lowest BCUT2D eigenvalue weighted by Gasteiger charge is -2.23. The zero-order valence-electron chi connectivity index (χ0n) is 21.4. The number of carboxylic acid groups (broad SMARTS) is 1. The largest absolute Gasteiger partial charge is 0.497 e. The van der Waals surface area contributed by atoms with Gasteiger partial charge in [-0.3, -0.25) is 0 Å². The number of carbonyl (C=O) groups is 2. The number of carbonyl (C=O) groups excluding carboxylic acids is 1. The zero-order chi connectivity index (χ0) is 26.2. The minimum atomic E-state index is -0.974. The highest BCUT2D eigenvalue weighted by molar-refractivity contribution is 7.99. The first-order chi connectivity index (χ1) is 17.5. The van der Waals surface area contributed by atoms with E-state index in [2.05, 4.69) is 12.2 Å². The lowest BCUT2D eigenvalue weighted by molar-refractivity contribution is -0.149. The Morgan fingerprint density at radius 1 is 1.00 bits per heavy atom. The number of ether oxygens (including phenoxy) is 3. The smallest absolute Gasteiger partial charge is 0.333 e. The molecule has 0 spiro atoms. The molecule has 2 N–H and O–H groups in total. The summed E-state index contributed by atoms with van der Waals surface area (Å²) in [5.74, 6) is 2.54. The Morgan fingerprint density at radius 2 is 1.69 bits per heavy atom. The number of nitrogens with one attached hydrogen (secondary N) is 1. The van der Waals surface area contributed by atoms with Gasteiger partial charge in [0.2, 0.25) is 0 Å². The molecule has 2 amide bonds. The fraction of sp³-hybridized carbons (Fsp3) is 0.481. The molecule has 0 fully saturated rings. The maximum atomic E-state index is 12.9. The Labute approximate surface area is 218 Å². The predicted molar refractivity (Wildman–Crippen MR) is 145 cm³/mol. The second-order valence-electron chi connectivity index (χ2n) is 8.09. The Hall–Kier alpha value is -2.91. The van der Waals surface area contributed by atoms with Crippen molar-refractivity contribution in [3.63, 3.8) is 0 Å². The van der Waals surface area contributed by atoms with Gasteiger partial charge in [0.25, 0.3) is 0 Å². The molecule has 0 aliphatic rings. The second kappa shape index (κ2) is 16.7. The van der Waals surface area contributed by atoms with Crippen LogP contribution in [0.5, 0.6) is 11.5 Å². The molecule has 0 aliphatic carbocycles. The number of rotatable bonds is 17. The summed E-state index contributed by atoms with van der Waals surface area (Å²) < 4.78 is 16.3. The number of thioether (sulfide) groups is 1. The van der Waals surface area contributed by atoms with Gasteiger partial charge in [-0.1, -0.05) is 19.1 Å². The van der Waals surface area contributed by atoms with Gasteiger partial charge in [-0.05, 0) is 73.2 Å². The summed E-state index contributed by atoms with van der Waals surface area (Å²) in [4.78, 5) is 26.0. The van der Waals surface area contributed by atoms with E-state index in [4.69, 9.17) is 14.2 Å². The normalized spacial score (nSPS) is 11.5. The number of hydrogen-bond donors (Lipinski definition) is 2. The Bertz CT molecular complexity index is 907. The average molecular weight is 519 g/mol. The predicted octanol–water partition coefficient (Wildman–Crippen LogP) is 5.17. The molecule has 0 bridgehead atoms. The molecule has 8 nitrogen and oxygen atoms in total. The number of hydrogen-bond acceptors (Lipinski definition) is 6. The van der Waals surface area contributed by atoms with Crippen LogP contribution in [0.2, 0.25) is 0 Å². The first-order valence-electron chi connectivity index (χ1n) is 12.3. The summed E-state index contributed by atoms with van der Waals surface area (Å²) >= 11 is 1.90. The van der Waals surface area contributed by atoms with Crippen molar-refractivity contribution in [1.29, 1.82) is 0 Å². The molecule has 1 atom stereocenters. The third kappa shape index (κ3) is 10.8. The SMILES string of the molecule is CCCSCCCN(CCOc1ccc(CC(OCC)C(=O)O)cc1)C(=O)Nc1ccc(OC)cc1. The van der Waals surface area contributed by atoms with Crippen LogP contribution in [-0.2, 0) is 16.0 Å². The van der Waals surface area contributed by atoms with Crippen molar-refractivity contribution in [3.05, 3.63) is 54.1 Å². The van der Waals surface area contributed by atoms with E-state index in [1.165, 1.54) is 0 Å². The molecule has 0 saturated heterocycles. The van der Waals surface area contributed by atoms with Crippen molar-refractivity contribution < 1.29 is 28.9 Å². The van der Waals surface area contributed by atoms with Crippen molar-refractivity contribution in [2.75, 3.05) is 50.2 Å². The van der Waals surface area contributed by atoms with Crippen molar-refractivity contribution >= 4 is 29.4 Å². The summed E-state index contributed by atoms with van der Waals surface area (Å²) in [6.45, 7) is 5.70. The third-order valence-corrected chi connectivity index (χ3v) is 6.59. The summed E-state index contributed by atoms with van der Waals surface area (Å²) in [5.41, 5.74) is 1.56. The molecule has 0 heterocycles. The molecule has 0 aliphatic heterocycles. The Balaban J connectivity index is 1.90. The monoisotopic (exact) mass is 518 g/mol. The molecule has 1 unspecified atom stereocenters. The van der Waals surface area contributed by atoms with E-state index < -0.39 is 12.1 Å². The summed E-state index contributed by atoms with van der Waals surface area (Å²) in [6.07, 6.45) is 1.47. The fourth-order valence-corrected chi connectivity index (χ4v) is 4.25. The van der Waals surface area contributed by atoms with Crippen LogP contribution in [0.1, 0.15) is 32.3 Å². The molecule has 0 aromatic heterocycles. The van der Waals surface area contributed by atoms with Gasteiger partial charge < -0.3 is 29.5 Å². The van der Waals surface area contributed by atoms with E-state index in [9.17, 15) is 14.7 Å². The van der Waals surface area contributed by atoms with Gasteiger partial charge in [0, 0.05) is 25.3 Å². The molecule has 36 heavy (non-hydrogen) atoms. The van der Waals surface area contributed by atoms with Crippen molar-refractivity contribution in [2.45, 2.75) is 39.2 Å². The highest BCUT2D eigenvalue weighted by Gasteiger charge is 2.18. The topological polar surface area (TPSA) is 97.3 Å². The Morgan fingerprint density at radius 3 is 2.31 bits per heavy atom. The van der Waals surface area contributed by atoms with Gasteiger partial charge in [0.1, 0.15) is 18.1 Å². The first kappa shape index (κ1) is 29.3. The molecule has 198 valence electrons. The highest BCUT2D eigenvalue weighted by atomic mass is 32.2. The summed E-state index contributed by atoms with van der Waals surface area (Å²) in [5, 5.41) is 12.2. The number of benzene rings is 2. The van der Waals surface area contributed by atoms with E-state index >= 15 is 0 Å². The van der Waals surface area contributed by atoms with E-state index in [1.54, 1.807) is 31.1 Å². The number of aliphatic carboxylic acids is 1. The van der Waals surface area contributed by atoms with Crippen LogP contribution in [0, 0.1) is 0 Å². The zero-order valence-corrected chi connectivity index (χ0v) is 22.2. The van der Waals surface area contributed by atoms with Crippen LogP contribution < -0.4 is 14.8 Å². The van der Waals surface area contributed by atoms with Crippen LogP contribution in [0.15, 0.2) is 48.5 Å². The van der Waals surface area contributed by atoms with E-state index in [-0.39, 0.29) is 6.03 Å². The van der Waals surface area contributed by atoms with Crippen LogP contribution in [0.25, 0.3) is 0 Å². The van der Waals surface area contributed by atoms with Crippen LogP contribution in [-0.4, -0.2) is 73.0 Å². The molecular formula is C27H38N2O6S. The highest BCUT2D eigenvalue weighted by Crippen LogP contribution is 2.17. The molecule has 0 saturated carbocycles. The number of anilines is 1. The maximum Gasteiger partial charge on any atom is 0.333 e. The van der Waals surface area contributed by atoms with Gasteiger partial charge in [-0.2, -0.15) is 11.8 Å². The molecule has 2 aromatic rings. The van der Waals surface area contributed by atoms with Crippen molar-refractivity contribution in [1.82, 2.24) is 4.90 Å². The van der Waals surface area contributed by atoms with Gasteiger partial charge in [-0.25, -0.2) is 9.59 Å². The minimum Gasteiger partial charge on any atom is -0.497 e. The van der Waals surface area contributed by atoms with Gasteiger partial charge in [0.05, 0.1) is 13.7 Å². The van der Waals surface area contributed by atoms with Crippen LogP contribution >= 0.6 is 11.8 Å². The molecule has 0 radical (unpaired) electrons. The first-order valence-corrected chi connectivity index (χ1v) is 13.5. The summed E-state index contributed by atoms with van der Waals surface area (Å²) in [7, 11) is 1.60. The lowest BCUT2D eigenvalue weighted by atomic mass is 10.1. The summed E-state index contributed by atoms with van der Waals surface area (Å²) in [6, 6.07) is 14.4. The van der Waals surface area contributed by atoms with Crippen molar-refractivity contribution in [2.24, 2.45) is 0 Å². The van der Waals surface area contributed by atoms with Gasteiger partial charge in [0.15, 0.2) is 6.10 Å². The molecule has 2 rings (SSSR count). The quantitative estimate of drug-likeness (QED) is 0.279. The maximum absolute atomic E-state index is 12.9. The number of amides is 2. The number of urea groups is 1. The second-order valence-corrected chi connectivity index (χ2v) is 9.32. The standard InChI is InChI=1S/C27H38N2O6S/c1-4-18-36-19-6-15-29(27(32)28-22-9-13-23(33-3)14-10-22)16-17-35-24-11-7-21(8-12-24)20-25(26(30)31)34-5-2/h7-14,25H,4-6,15-20H2,1-3H3,(H,28,32)(H,30,31).